The molecule has 1 amide bonds. The number of hydrogen-bond donors (Lipinski definition) is 3. The van der Waals surface area contributed by atoms with Gasteiger partial charge in [-0.05, 0) is 60.1 Å². The molecular weight excluding hydrogens is 468 g/mol. The molecule has 0 spiro atoms. The smallest absolute Gasteiger partial charge is 0.262 e. The van der Waals surface area contributed by atoms with Crippen LogP contribution in [0.15, 0.2) is 77.7 Å². The Balaban J connectivity index is 1.34. The number of aromatic amines is 2. The fourth-order valence-electron chi connectivity index (χ4n) is 4.09. The first-order valence-electron chi connectivity index (χ1n) is 10.8. The minimum Gasteiger partial charge on any atom is -0.361 e. The Hall–Kier alpha value is -3.68. The van der Waals surface area contributed by atoms with Crippen LogP contribution in [0, 0.1) is 4.77 Å². The summed E-state index contributed by atoms with van der Waals surface area (Å²) in [6.07, 6.45) is 2.68. The summed E-state index contributed by atoms with van der Waals surface area (Å²) in [4.78, 5) is 32.2. The number of nitrogens with one attached hydrogen (secondary N) is 3. The Kier molecular flexibility index (Phi) is 6.04. The first-order chi connectivity index (χ1) is 16.5. The molecule has 2 heterocycles. The van der Waals surface area contributed by atoms with Crippen molar-refractivity contribution in [1.82, 2.24) is 19.9 Å². The number of fused-ring (bicyclic) bond motifs is 2. The summed E-state index contributed by atoms with van der Waals surface area (Å²) < 4.78 is 1.74. The summed E-state index contributed by atoms with van der Waals surface area (Å²) in [6.45, 7) is 0.758. The standard InChI is InChI=1S/C26H21ClN4O2S/c27-21-7-3-1-5-18(21)15-31-25(33)20-10-9-16(13-23(20)30-26(31)34)24(32)28-12-11-17-14-29-22-8-4-2-6-19(17)22/h1-10,13-14,29H,11-12,15H2,(H,28,32)(H,30,34). The maximum atomic E-state index is 13.1. The van der Waals surface area contributed by atoms with Gasteiger partial charge in [-0.1, -0.05) is 48.0 Å². The predicted molar refractivity (Wildman–Crippen MR) is 138 cm³/mol. The molecule has 0 radical (unpaired) electrons. The molecule has 3 N–H and O–H groups in total. The van der Waals surface area contributed by atoms with Crippen LogP contribution in [-0.2, 0) is 13.0 Å². The van der Waals surface area contributed by atoms with Gasteiger partial charge in [0.2, 0.25) is 0 Å². The topological polar surface area (TPSA) is 82.7 Å². The van der Waals surface area contributed by atoms with E-state index < -0.39 is 0 Å². The van der Waals surface area contributed by atoms with Crippen LogP contribution in [0.5, 0.6) is 0 Å². The molecule has 170 valence electrons. The first kappa shape index (κ1) is 22.1. The molecule has 0 aliphatic carbocycles. The van der Waals surface area contributed by atoms with Crippen LogP contribution in [0.4, 0.5) is 0 Å². The van der Waals surface area contributed by atoms with E-state index in [0.717, 1.165) is 22.0 Å². The van der Waals surface area contributed by atoms with E-state index in [1.165, 1.54) is 4.57 Å². The average Bonchev–Trinajstić information content (AvgIpc) is 3.25. The molecule has 8 heteroatoms. The number of nitrogens with zero attached hydrogens (tertiary/aromatic N) is 1. The van der Waals surface area contributed by atoms with Crippen LogP contribution in [-0.4, -0.2) is 27.0 Å². The summed E-state index contributed by atoms with van der Waals surface area (Å²) in [7, 11) is 0. The lowest BCUT2D eigenvalue weighted by molar-refractivity contribution is 0.0954. The van der Waals surface area contributed by atoms with Crippen LogP contribution < -0.4 is 10.9 Å². The van der Waals surface area contributed by atoms with Crippen LogP contribution in [0.2, 0.25) is 5.02 Å². The molecule has 0 fully saturated rings. The van der Waals surface area contributed by atoms with Gasteiger partial charge in [0, 0.05) is 34.2 Å². The third-order valence-electron chi connectivity index (χ3n) is 5.89. The maximum Gasteiger partial charge on any atom is 0.262 e. The predicted octanol–water partition coefficient (Wildman–Crippen LogP) is 5.21. The van der Waals surface area contributed by atoms with Gasteiger partial charge in [-0.25, -0.2) is 0 Å². The van der Waals surface area contributed by atoms with Gasteiger partial charge in [0.05, 0.1) is 17.4 Å². The van der Waals surface area contributed by atoms with E-state index in [1.807, 2.05) is 42.6 Å². The molecule has 3 aromatic carbocycles. The molecule has 0 unspecified atom stereocenters. The molecule has 0 saturated carbocycles. The average molecular weight is 489 g/mol. The number of H-pyrrole nitrogens is 2. The fraction of sp³-hybridized carbons (Fsp3) is 0.115. The van der Waals surface area contributed by atoms with Crippen molar-refractivity contribution in [2.75, 3.05) is 6.54 Å². The highest BCUT2D eigenvalue weighted by Gasteiger charge is 2.12. The molecule has 0 atom stereocenters. The van der Waals surface area contributed by atoms with Gasteiger partial charge in [-0.15, -0.1) is 0 Å². The lowest BCUT2D eigenvalue weighted by atomic mass is 10.1. The van der Waals surface area contributed by atoms with E-state index in [-0.39, 0.29) is 22.8 Å². The molecular formula is C26H21ClN4O2S. The maximum absolute atomic E-state index is 13.1. The van der Waals surface area contributed by atoms with E-state index in [0.29, 0.717) is 34.5 Å². The van der Waals surface area contributed by atoms with Crippen molar-refractivity contribution in [3.05, 3.63) is 110 Å². The number of aromatic nitrogens is 3. The number of carbonyl (C=O) groups is 1. The second-order valence-corrected chi connectivity index (χ2v) is 8.83. The van der Waals surface area contributed by atoms with Crippen molar-refractivity contribution < 1.29 is 4.79 Å². The van der Waals surface area contributed by atoms with Crippen LogP contribution in [0.3, 0.4) is 0 Å². The molecule has 34 heavy (non-hydrogen) atoms. The van der Waals surface area contributed by atoms with E-state index in [2.05, 4.69) is 21.4 Å². The van der Waals surface area contributed by atoms with Crippen molar-refractivity contribution >= 4 is 51.5 Å². The zero-order valence-electron chi connectivity index (χ0n) is 18.1. The molecule has 0 aliphatic rings. The Morgan fingerprint density at radius 2 is 1.76 bits per heavy atom. The number of amides is 1. The number of halogens is 1. The third kappa shape index (κ3) is 4.27. The molecule has 0 aliphatic heterocycles. The normalized spacial score (nSPS) is 11.2. The molecule has 2 aromatic heterocycles. The Morgan fingerprint density at radius 3 is 2.62 bits per heavy atom. The number of benzene rings is 3. The minimum absolute atomic E-state index is 0.207. The lowest BCUT2D eigenvalue weighted by Gasteiger charge is -2.10. The van der Waals surface area contributed by atoms with Gasteiger partial charge < -0.3 is 15.3 Å². The molecule has 6 nitrogen and oxygen atoms in total. The van der Waals surface area contributed by atoms with Gasteiger partial charge >= 0.3 is 0 Å². The van der Waals surface area contributed by atoms with E-state index in [1.54, 1.807) is 24.3 Å². The summed E-state index contributed by atoms with van der Waals surface area (Å²) >= 11 is 11.7. The zero-order chi connectivity index (χ0) is 23.7. The minimum atomic E-state index is -0.232. The highest BCUT2D eigenvalue weighted by molar-refractivity contribution is 7.71. The lowest BCUT2D eigenvalue weighted by Crippen LogP contribution is -2.26. The van der Waals surface area contributed by atoms with Crippen molar-refractivity contribution in [1.29, 1.82) is 0 Å². The third-order valence-corrected chi connectivity index (χ3v) is 6.58. The van der Waals surface area contributed by atoms with Gasteiger partial charge in [0.15, 0.2) is 4.77 Å². The SMILES string of the molecule is O=C(NCCc1c[nH]c2ccccc12)c1ccc2c(=O)n(Cc3ccccc3Cl)c(=S)[nH]c2c1. The van der Waals surface area contributed by atoms with E-state index in [4.69, 9.17) is 23.8 Å². The Bertz CT molecular complexity index is 1650. The number of para-hydroxylation sites is 1. The van der Waals surface area contributed by atoms with Crippen LogP contribution in [0.1, 0.15) is 21.5 Å². The van der Waals surface area contributed by atoms with Crippen molar-refractivity contribution in [2.24, 2.45) is 0 Å². The second kappa shape index (κ2) is 9.29. The van der Waals surface area contributed by atoms with Gasteiger partial charge in [0.25, 0.3) is 11.5 Å². The quantitative estimate of drug-likeness (QED) is 0.287. The molecule has 5 rings (SSSR count). The zero-order valence-corrected chi connectivity index (χ0v) is 19.7. The molecule has 0 bridgehead atoms. The number of rotatable bonds is 6. The summed E-state index contributed by atoms with van der Waals surface area (Å²) in [5.74, 6) is -0.207. The van der Waals surface area contributed by atoms with Crippen molar-refractivity contribution in [3.8, 4) is 0 Å². The van der Waals surface area contributed by atoms with Crippen molar-refractivity contribution in [2.45, 2.75) is 13.0 Å². The summed E-state index contributed by atoms with van der Waals surface area (Å²) in [5.41, 5.74) is 3.78. The summed E-state index contributed by atoms with van der Waals surface area (Å²) in [5, 5.41) is 5.14. The highest BCUT2D eigenvalue weighted by Crippen LogP contribution is 2.19. The Labute approximate surface area is 205 Å². The van der Waals surface area contributed by atoms with Gasteiger partial charge in [-0.2, -0.15) is 0 Å². The van der Waals surface area contributed by atoms with E-state index in [9.17, 15) is 9.59 Å². The van der Waals surface area contributed by atoms with Crippen LogP contribution >= 0.6 is 23.8 Å². The van der Waals surface area contributed by atoms with Gasteiger partial charge in [0.1, 0.15) is 0 Å². The number of hydrogen-bond acceptors (Lipinski definition) is 3. The molecule has 5 aromatic rings. The first-order valence-corrected chi connectivity index (χ1v) is 11.6. The largest absolute Gasteiger partial charge is 0.361 e. The Morgan fingerprint density at radius 1 is 0.971 bits per heavy atom. The van der Waals surface area contributed by atoms with Crippen LogP contribution in [0.25, 0.3) is 21.8 Å². The highest BCUT2D eigenvalue weighted by atomic mass is 35.5. The fourth-order valence-corrected chi connectivity index (χ4v) is 4.54. The summed E-state index contributed by atoms with van der Waals surface area (Å²) in [6, 6.07) is 20.4. The van der Waals surface area contributed by atoms with Crippen molar-refractivity contribution in [3.63, 3.8) is 0 Å². The number of carbonyl (C=O) groups excluding carboxylic acids is 1. The van der Waals surface area contributed by atoms with Gasteiger partial charge in [-0.3, -0.25) is 14.2 Å². The molecule has 0 saturated heterocycles. The monoisotopic (exact) mass is 488 g/mol. The van der Waals surface area contributed by atoms with E-state index >= 15 is 0 Å². The second-order valence-electron chi connectivity index (χ2n) is 8.04.